The third kappa shape index (κ3) is 5.03. The van der Waals surface area contributed by atoms with Crippen LogP contribution in [0.5, 0.6) is 11.5 Å². The van der Waals surface area contributed by atoms with E-state index in [2.05, 4.69) is 34.5 Å². The van der Waals surface area contributed by atoms with E-state index in [0.29, 0.717) is 42.4 Å². The number of nitrogens with one attached hydrogen (secondary N) is 1. The lowest BCUT2D eigenvalue weighted by Gasteiger charge is -2.38. The fourth-order valence-corrected chi connectivity index (χ4v) is 5.83. The minimum atomic E-state index is -0.362. The smallest absolute Gasteiger partial charge is 0.254 e. The second-order valence-corrected chi connectivity index (χ2v) is 10.3. The van der Waals surface area contributed by atoms with Crippen LogP contribution in [0.3, 0.4) is 0 Å². The van der Waals surface area contributed by atoms with Gasteiger partial charge >= 0.3 is 0 Å². The van der Waals surface area contributed by atoms with Crippen LogP contribution in [0, 0.1) is 6.92 Å². The highest BCUT2D eigenvalue weighted by Crippen LogP contribution is 2.45. The van der Waals surface area contributed by atoms with Gasteiger partial charge < -0.3 is 24.6 Å². The van der Waals surface area contributed by atoms with Crippen molar-refractivity contribution < 1.29 is 19.1 Å². The first-order valence-electron chi connectivity index (χ1n) is 12.8. The number of ether oxygens (including phenoxy) is 2. The number of likely N-dealkylation sites (N-methyl/N-ethyl adjacent to an activating group) is 1. The van der Waals surface area contributed by atoms with E-state index in [0.717, 1.165) is 27.6 Å². The second-order valence-electron chi connectivity index (χ2n) is 9.42. The maximum atomic E-state index is 13.7. The second kappa shape index (κ2) is 10.9. The van der Waals surface area contributed by atoms with Crippen molar-refractivity contribution in [3.05, 3.63) is 81.5 Å². The minimum absolute atomic E-state index is 0.0237. The number of carbonyl (C=O) groups is 2. The van der Waals surface area contributed by atoms with Crippen LogP contribution in [-0.4, -0.2) is 46.7 Å². The van der Waals surface area contributed by atoms with Crippen molar-refractivity contribution in [2.75, 3.05) is 19.9 Å². The summed E-state index contributed by atoms with van der Waals surface area (Å²) in [6, 6.07) is 13.5. The van der Waals surface area contributed by atoms with Gasteiger partial charge in [-0.3, -0.25) is 9.59 Å². The molecule has 0 fully saturated rings. The summed E-state index contributed by atoms with van der Waals surface area (Å²) < 4.78 is 10.8. The summed E-state index contributed by atoms with van der Waals surface area (Å²) in [5, 5.41) is 5.77. The molecule has 0 aliphatic carbocycles. The molecule has 2 aromatic rings. The molecule has 0 aromatic heterocycles. The number of fused-ring (bicyclic) bond motifs is 2. The van der Waals surface area contributed by atoms with Gasteiger partial charge in [-0.15, -0.1) is 0 Å². The zero-order valence-corrected chi connectivity index (χ0v) is 22.9. The number of carbonyl (C=O) groups excluding carboxylic acids is 2. The van der Waals surface area contributed by atoms with Gasteiger partial charge in [-0.1, -0.05) is 47.7 Å². The number of allylic oxidation sites excluding steroid dienone is 1. The summed E-state index contributed by atoms with van der Waals surface area (Å²) in [6.07, 6.45) is 0.171. The summed E-state index contributed by atoms with van der Waals surface area (Å²) in [7, 11) is 0. The average molecular weight is 533 g/mol. The fraction of sp³-hybridized carbons (Fsp3) is 0.345. The van der Waals surface area contributed by atoms with Crippen molar-refractivity contribution in [2.24, 2.45) is 4.99 Å². The Balaban J connectivity index is 1.38. The van der Waals surface area contributed by atoms with E-state index in [-0.39, 0.29) is 31.1 Å². The van der Waals surface area contributed by atoms with Crippen molar-refractivity contribution in [3.63, 3.8) is 0 Å². The number of amides is 2. The number of benzene rings is 2. The summed E-state index contributed by atoms with van der Waals surface area (Å²) in [6.45, 7) is 9.73. The Labute approximate surface area is 227 Å². The van der Waals surface area contributed by atoms with E-state index in [1.165, 1.54) is 11.8 Å². The normalized spacial score (nSPS) is 17.7. The van der Waals surface area contributed by atoms with E-state index in [9.17, 15) is 9.59 Å². The zero-order valence-electron chi connectivity index (χ0n) is 22.1. The largest absolute Gasteiger partial charge is 0.454 e. The Morgan fingerprint density at radius 2 is 1.82 bits per heavy atom. The van der Waals surface area contributed by atoms with E-state index in [1.807, 2.05) is 56.2 Å². The highest BCUT2D eigenvalue weighted by molar-refractivity contribution is 8.16. The van der Waals surface area contributed by atoms with Crippen LogP contribution in [-0.2, 0) is 16.1 Å². The highest BCUT2D eigenvalue weighted by Gasteiger charge is 2.41. The maximum absolute atomic E-state index is 13.7. The van der Waals surface area contributed by atoms with Crippen LogP contribution >= 0.6 is 11.8 Å². The first-order valence-corrected chi connectivity index (χ1v) is 13.7. The third-order valence-electron chi connectivity index (χ3n) is 6.94. The van der Waals surface area contributed by atoms with Gasteiger partial charge in [-0.05, 0) is 56.4 Å². The van der Waals surface area contributed by atoms with Crippen LogP contribution in [0.1, 0.15) is 49.9 Å². The summed E-state index contributed by atoms with van der Waals surface area (Å²) in [5.74, 6) is 1.27. The summed E-state index contributed by atoms with van der Waals surface area (Å²) in [4.78, 5) is 35.5. The molecular formula is C29H32N4O4S. The number of rotatable bonds is 8. The molecule has 1 atom stereocenters. The molecule has 0 spiro atoms. The molecule has 198 valence electrons. The molecule has 38 heavy (non-hydrogen) atoms. The number of aliphatic imine (C=N–C) groups is 1. The topological polar surface area (TPSA) is 83.5 Å². The van der Waals surface area contributed by atoms with Gasteiger partial charge in [0.1, 0.15) is 0 Å². The molecule has 1 N–H and O–H groups in total. The van der Waals surface area contributed by atoms with Crippen LogP contribution in [0.2, 0.25) is 0 Å². The first-order chi connectivity index (χ1) is 18.4. The van der Waals surface area contributed by atoms with Crippen molar-refractivity contribution in [2.45, 2.75) is 46.7 Å². The van der Waals surface area contributed by atoms with Gasteiger partial charge in [-0.25, -0.2) is 4.99 Å². The molecule has 0 saturated heterocycles. The molecule has 3 aliphatic heterocycles. The van der Waals surface area contributed by atoms with E-state index in [4.69, 9.17) is 14.5 Å². The lowest BCUT2D eigenvalue weighted by molar-refractivity contribution is -0.127. The number of nitrogens with zero attached hydrogens (tertiary/aromatic N) is 3. The molecule has 0 saturated carbocycles. The van der Waals surface area contributed by atoms with Crippen LogP contribution in [0.15, 0.2) is 69.8 Å². The SMILES string of the molecule is CCN(CC)C(=O)C1=C(C)N=C2SC=C(CC(=O)NCc3ccc4c(c3)OCO4)N2C1c1ccc(C)cc1. The lowest BCUT2D eigenvalue weighted by Crippen LogP contribution is -2.42. The number of hydrogen-bond donors (Lipinski definition) is 1. The van der Waals surface area contributed by atoms with Crippen LogP contribution < -0.4 is 14.8 Å². The molecule has 5 rings (SSSR count). The standard InChI is InChI=1S/C29H32N4O4S/c1-5-32(6-2)28(35)26-19(4)31-29-33(27(26)21-10-7-18(3)8-11-21)22(16-38-29)14-25(34)30-15-20-9-12-23-24(13-20)37-17-36-23/h7-13,16,27H,5-6,14-15,17H2,1-4H3,(H,30,34). The number of hydrogen-bond acceptors (Lipinski definition) is 7. The molecule has 3 heterocycles. The molecule has 0 radical (unpaired) electrons. The molecular weight excluding hydrogens is 500 g/mol. The Kier molecular flexibility index (Phi) is 7.46. The van der Waals surface area contributed by atoms with Gasteiger partial charge in [0.2, 0.25) is 12.7 Å². The van der Waals surface area contributed by atoms with Gasteiger partial charge in [-0.2, -0.15) is 0 Å². The van der Waals surface area contributed by atoms with E-state index < -0.39 is 0 Å². The molecule has 3 aliphatic rings. The van der Waals surface area contributed by atoms with Gasteiger partial charge in [0.25, 0.3) is 5.91 Å². The Bertz CT molecular complexity index is 1340. The average Bonchev–Trinajstić information content (AvgIpc) is 3.54. The van der Waals surface area contributed by atoms with Crippen LogP contribution in [0.25, 0.3) is 0 Å². The quantitative estimate of drug-likeness (QED) is 0.522. The Morgan fingerprint density at radius 1 is 1.08 bits per heavy atom. The molecule has 2 amide bonds. The molecule has 1 unspecified atom stereocenters. The monoisotopic (exact) mass is 532 g/mol. The number of aryl methyl sites for hydroxylation is 1. The maximum Gasteiger partial charge on any atom is 0.254 e. The van der Waals surface area contributed by atoms with Gasteiger partial charge in [0.05, 0.1) is 23.7 Å². The molecule has 9 heteroatoms. The molecule has 8 nitrogen and oxygen atoms in total. The van der Waals surface area contributed by atoms with Crippen molar-refractivity contribution >= 4 is 28.7 Å². The number of thioether (sulfide) groups is 1. The Hall–Kier alpha value is -3.72. The van der Waals surface area contributed by atoms with Crippen LogP contribution in [0.4, 0.5) is 0 Å². The summed E-state index contributed by atoms with van der Waals surface area (Å²) >= 11 is 1.49. The highest BCUT2D eigenvalue weighted by atomic mass is 32.2. The van der Waals surface area contributed by atoms with Crippen molar-refractivity contribution in [1.82, 2.24) is 15.1 Å². The molecule has 0 bridgehead atoms. The predicted octanol–water partition coefficient (Wildman–Crippen LogP) is 4.87. The van der Waals surface area contributed by atoms with E-state index >= 15 is 0 Å². The first kappa shape index (κ1) is 25.9. The number of amidine groups is 1. The van der Waals surface area contributed by atoms with E-state index in [1.54, 1.807) is 0 Å². The zero-order chi connectivity index (χ0) is 26.8. The summed E-state index contributed by atoms with van der Waals surface area (Å²) in [5.41, 5.74) is 5.25. The predicted molar refractivity (Wildman–Crippen MR) is 149 cm³/mol. The molecule has 2 aromatic carbocycles. The fourth-order valence-electron chi connectivity index (χ4n) is 4.87. The van der Waals surface area contributed by atoms with Gasteiger partial charge in [0.15, 0.2) is 16.7 Å². The van der Waals surface area contributed by atoms with Gasteiger partial charge in [0, 0.05) is 25.3 Å². The minimum Gasteiger partial charge on any atom is -0.454 e. The third-order valence-corrected chi connectivity index (χ3v) is 7.83. The lowest BCUT2D eigenvalue weighted by atomic mass is 9.92. The van der Waals surface area contributed by atoms with Crippen molar-refractivity contribution in [1.29, 1.82) is 0 Å². The Morgan fingerprint density at radius 3 is 2.55 bits per heavy atom. The van der Waals surface area contributed by atoms with Crippen molar-refractivity contribution in [3.8, 4) is 11.5 Å².